The molecule has 0 N–H and O–H groups in total. The van der Waals surface area contributed by atoms with Crippen molar-refractivity contribution < 1.29 is 19.1 Å². The summed E-state index contributed by atoms with van der Waals surface area (Å²) >= 11 is 0. The van der Waals surface area contributed by atoms with E-state index in [0.29, 0.717) is 25.4 Å². The Morgan fingerprint density at radius 2 is 2.00 bits per heavy atom. The first kappa shape index (κ1) is 18.3. The topological polar surface area (TPSA) is 59.1 Å². The van der Waals surface area contributed by atoms with Crippen LogP contribution in [0.4, 0.5) is 5.69 Å². The van der Waals surface area contributed by atoms with Crippen molar-refractivity contribution in [2.45, 2.75) is 26.8 Å². The van der Waals surface area contributed by atoms with Crippen LogP contribution in [0.3, 0.4) is 0 Å². The van der Waals surface area contributed by atoms with E-state index < -0.39 is 0 Å². The molecule has 0 aromatic heterocycles. The summed E-state index contributed by atoms with van der Waals surface area (Å²) in [5, 5.41) is 0. The number of nitrogens with zero attached hydrogens (tertiary/aromatic N) is 2. The summed E-state index contributed by atoms with van der Waals surface area (Å²) in [6.07, 6.45) is 0.256. The minimum absolute atomic E-state index is 0.00892. The van der Waals surface area contributed by atoms with Crippen LogP contribution >= 0.6 is 0 Å². The largest absolute Gasteiger partial charge is 0.454 e. The highest BCUT2D eigenvalue weighted by atomic mass is 16.7. The smallest absolute Gasteiger partial charge is 0.232 e. The summed E-state index contributed by atoms with van der Waals surface area (Å²) < 4.78 is 10.7. The van der Waals surface area contributed by atoms with E-state index >= 15 is 0 Å². The van der Waals surface area contributed by atoms with Gasteiger partial charge in [-0.15, -0.1) is 0 Å². The van der Waals surface area contributed by atoms with Gasteiger partial charge in [-0.25, -0.2) is 0 Å². The van der Waals surface area contributed by atoms with Crippen LogP contribution in [-0.2, 0) is 16.1 Å². The first-order chi connectivity index (χ1) is 13.5. The molecular weight excluding hydrogens is 356 g/mol. The summed E-state index contributed by atoms with van der Waals surface area (Å²) in [5.41, 5.74) is 2.96. The van der Waals surface area contributed by atoms with E-state index in [0.717, 1.165) is 22.6 Å². The SMILES string of the molecule is CCN(C(=O)C1CC(=O)N(Cc2ccc3c(c2)OCO3)C1)c1cccc(C)c1. The first-order valence-electron chi connectivity index (χ1n) is 9.59. The minimum Gasteiger partial charge on any atom is -0.454 e. The molecule has 1 saturated heterocycles. The third-order valence-electron chi connectivity index (χ3n) is 5.27. The summed E-state index contributed by atoms with van der Waals surface area (Å²) in [4.78, 5) is 29.2. The van der Waals surface area contributed by atoms with Gasteiger partial charge in [0.25, 0.3) is 0 Å². The Morgan fingerprint density at radius 3 is 2.79 bits per heavy atom. The predicted octanol–water partition coefficient (Wildman–Crippen LogP) is 3.13. The predicted molar refractivity (Wildman–Crippen MR) is 105 cm³/mol. The van der Waals surface area contributed by atoms with Gasteiger partial charge >= 0.3 is 0 Å². The van der Waals surface area contributed by atoms with Crippen LogP contribution in [0, 0.1) is 12.8 Å². The van der Waals surface area contributed by atoms with Crippen molar-refractivity contribution >= 4 is 17.5 Å². The number of likely N-dealkylation sites (tertiary alicyclic amines) is 1. The molecule has 1 fully saturated rings. The van der Waals surface area contributed by atoms with Gasteiger partial charge in [0.05, 0.1) is 5.92 Å². The molecule has 2 aromatic carbocycles. The Bertz CT molecular complexity index is 911. The summed E-state index contributed by atoms with van der Waals surface area (Å²) in [6, 6.07) is 13.6. The van der Waals surface area contributed by atoms with Crippen LogP contribution in [0.25, 0.3) is 0 Å². The molecule has 2 aliphatic heterocycles. The normalized spacial score (nSPS) is 17.9. The van der Waals surface area contributed by atoms with E-state index in [1.54, 1.807) is 9.80 Å². The van der Waals surface area contributed by atoms with Gasteiger partial charge in [0.1, 0.15) is 0 Å². The lowest BCUT2D eigenvalue weighted by Gasteiger charge is -2.25. The zero-order valence-corrected chi connectivity index (χ0v) is 16.2. The highest BCUT2D eigenvalue weighted by molar-refractivity contribution is 5.99. The van der Waals surface area contributed by atoms with Gasteiger partial charge in [0, 0.05) is 31.7 Å². The van der Waals surface area contributed by atoms with Crippen molar-refractivity contribution in [3.63, 3.8) is 0 Å². The van der Waals surface area contributed by atoms with E-state index in [2.05, 4.69) is 0 Å². The second-order valence-corrected chi connectivity index (χ2v) is 7.28. The highest BCUT2D eigenvalue weighted by Crippen LogP contribution is 2.33. The number of anilines is 1. The number of carbonyl (C=O) groups excluding carboxylic acids is 2. The molecule has 0 bridgehead atoms. The molecule has 4 rings (SSSR count). The lowest BCUT2D eigenvalue weighted by atomic mass is 10.1. The average Bonchev–Trinajstić information content (AvgIpc) is 3.29. The van der Waals surface area contributed by atoms with Crippen molar-refractivity contribution in [1.82, 2.24) is 4.90 Å². The number of rotatable bonds is 5. The van der Waals surface area contributed by atoms with Crippen LogP contribution in [-0.4, -0.2) is 36.6 Å². The summed E-state index contributed by atoms with van der Waals surface area (Å²) in [7, 11) is 0. The second kappa shape index (κ2) is 7.54. The Morgan fingerprint density at radius 1 is 1.18 bits per heavy atom. The van der Waals surface area contributed by atoms with Crippen LogP contribution in [0.15, 0.2) is 42.5 Å². The lowest BCUT2D eigenvalue weighted by Crippen LogP contribution is -2.37. The van der Waals surface area contributed by atoms with Crippen molar-refractivity contribution in [3.05, 3.63) is 53.6 Å². The van der Waals surface area contributed by atoms with E-state index in [-0.39, 0.29) is 30.9 Å². The molecule has 6 nitrogen and oxygen atoms in total. The number of hydrogen-bond acceptors (Lipinski definition) is 4. The molecule has 146 valence electrons. The van der Waals surface area contributed by atoms with Crippen LogP contribution in [0.1, 0.15) is 24.5 Å². The number of ether oxygens (including phenoxy) is 2. The van der Waals surface area contributed by atoms with Crippen LogP contribution in [0.5, 0.6) is 11.5 Å². The Hall–Kier alpha value is -3.02. The van der Waals surface area contributed by atoms with Gasteiger partial charge in [-0.2, -0.15) is 0 Å². The molecule has 2 aromatic rings. The Labute approximate surface area is 164 Å². The number of carbonyl (C=O) groups is 2. The maximum atomic E-state index is 13.1. The van der Waals surface area contributed by atoms with Crippen molar-refractivity contribution in [1.29, 1.82) is 0 Å². The Balaban J connectivity index is 1.45. The molecule has 2 aliphatic rings. The van der Waals surface area contributed by atoms with E-state index in [9.17, 15) is 9.59 Å². The van der Waals surface area contributed by atoms with Gasteiger partial charge in [-0.3, -0.25) is 9.59 Å². The van der Waals surface area contributed by atoms with Crippen LogP contribution in [0.2, 0.25) is 0 Å². The Kier molecular flexibility index (Phi) is 4.94. The quantitative estimate of drug-likeness (QED) is 0.800. The van der Waals surface area contributed by atoms with E-state index in [4.69, 9.17) is 9.47 Å². The van der Waals surface area contributed by atoms with Gasteiger partial charge < -0.3 is 19.3 Å². The number of amides is 2. The van der Waals surface area contributed by atoms with Crippen LogP contribution < -0.4 is 14.4 Å². The molecule has 0 spiro atoms. The van der Waals surface area contributed by atoms with Gasteiger partial charge in [0.2, 0.25) is 18.6 Å². The molecule has 1 unspecified atom stereocenters. The maximum absolute atomic E-state index is 13.1. The van der Waals surface area contributed by atoms with Gasteiger partial charge in [-0.05, 0) is 49.2 Å². The molecule has 1 atom stereocenters. The first-order valence-corrected chi connectivity index (χ1v) is 9.59. The van der Waals surface area contributed by atoms with Crippen molar-refractivity contribution in [2.75, 3.05) is 24.8 Å². The molecular formula is C22H24N2O4. The van der Waals surface area contributed by atoms with E-state index in [1.165, 1.54) is 0 Å². The van der Waals surface area contributed by atoms with Gasteiger partial charge in [-0.1, -0.05) is 18.2 Å². The maximum Gasteiger partial charge on any atom is 0.232 e. The molecule has 28 heavy (non-hydrogen) atoms. The molecule has 0 aliphatic carbocycles. The summed E-state index contributed by atoms with van der Waals surface area (Å²) in [5.74, 6) is 1.13. The van der Waals surface area contributed by atoms with Crippen molar-refractivity contribution in [3.8, 4) is 11.5 Å². The zero-order valence-electron chi connectivity index (χ0n) is 16.2. The summed E-state index contributed by atoms with van der Waals surface area (Å²) in [6.45, 7) is 5.68. The molecule has 2 heterocycles. The molecule has 6 heteroatoms. The fourth-order valence-electron chi connectivity index (χ4n) is 3.83. The zero-order chi connectivity index (χ0) is 19.7. The fourth-order valence-corrected chi connectivity index (χ4v) is 3.83. The average molecular weight is 380 g/mol. The fraction of sp³-hybridized carbons (Fsp3) is 0.364. The standard InChI is InChI=1S/C22H24N2O4/c1-3-24(18-6-4-5-15(2)9-18)22(26)17-11-21(25)23(13-17)12-16-7-8-19-20(10-16)28-14-27-19/h4-10,17H,3,11-14H2,1-2H3. The lowest BCUT2D eigenvalue weighted by molar-refractivity contribution is -0.128. The minimum atomic E-state index is -0.318. The number of aryl methyl sites for hydroxylation is 1. The highest BCUT2D eigenvalue weighted by Gasteiger charge is 2.36. The molecule has 0 saturated carbocycles. The molecule has 2 amide bonds. The number of benzene rings is 2. The second-order valence-electron chi connectivity index (χ2n) is 7.28. The van der Waals surface area contributed by atoms with Gasteiger partial charge in [0.15, 0.2) is 11.5 Å². The number of hydrogen-bond donors (Lipinski definition) is 0. The van der Waals surface area contributed by atoms with E-state index in [1.807, 2.05) is 56.3 Å². The number of fused-ring (bicyclic) bond motifs is 1. The molecule has 0 radical (unpaired) electrons. The third kappa shape index (κ3) is 3.54. The third-order valence-corrected chi connectivity index (χ3v) is 5.27. The monoisotopic (exact) mass is 380 g/mol. The van der Waals surface area contributed by atoms with Crippen molar-refractivity contribution in [2.24, 2.45) is 5.92 Å².